The molecule has 0 radical (unpaired) electrons. The highest BCUT2D eigenvalue weighted by atomic mass is 35.5. The lowest BCUT2D eigenvalue weighted by Gasteiger charge is -2.36. The molecule has 8 heteroatoms. The second-order valence-electron chi connectivity index (χ2n) is 6.83. The highest BCUT2D eigenvalue weighted by Crippen LogP contribution is 2.23. The quantitative estimate of drug-likeness (QED) is 0.638. The van der Waals surface area contributed by atoms with Crippen LogP contribution in [0.4, 0.5) is 0 Å². The normalized spacial score (nSPS) is 16.6. The predicted molar refractivity (Wildman–Crippen MR) is 111 cm³/mol. The standard InChI is InChI=1S/C19H29N3O3S.ClH/c1-13-11-16(14(2)26-13)17(23)6-7-19(25)22-10-4-3-5-15(22)12-21-18(24)8-9-20;/h11,15H,3-10,12,20H2,1-2H3,(H,21,24);1H. The van der Waals surface area contributed by atoms with E-state index in [2.05, 4.69) is 5.32 Å². The number of amides is 2. The predicted octanol–water partition coefficient (Wildman–Crippen LogP) is 2.60. The second-order valence-corrected chi connectivity index (χ2v) is 8.29. The summed E-state index contributed by atoms with van der Waals surface area (Å²) in [6, 6.07) is 1.92. The molecule has 0 bridgehead atoms. The molecule has 3 N–H and O–H groups in total. The van der Waals surface area contributed by atoms with E-state index in [9.17, 15) is 14.4 Å². The van der Waals surface area contributed by atoms with Gasteiger partial charge in [-0.2, -0.15) is 0 Å². The number of aryl methyl sites for hydroxylation is 2. The zero-order valence-corrected chi connectivity index (χ0v) is 17.7. The molecular weight excluding hydrogens is 386 g/mol. The van der Waals surface area contributed by atoms with Crippen molar-refractivity contribution in [2.24, 2.45) is 5.73 Å². The first kappa shape index (κ1) is 23.6. The number of likely N-dealkylation sites (tertiary alicyclic amines) is 1. The van der Waals surface area contributed by atoms with E-state index < -0.39 is 0 Å². The average molecular weight is 416 g/mol. The van der Waals surface area contributed by atoms with Crippen molar-refractivity contribution in [1.29, 1.82) is 0 Å². The number of piperidine rings is 1. The maximum Gasteiger partial charge on any atom is 0.223 e. The molecule has 2 heterocycles. The van der Waals surface area contributed by atoms with Gasteiger partial charge in [0.25, 0.3) is 0 Å². The lowest BCUT2D eigenvalue weighted by Crippen LogP contribution is -2.49. The first-order valence-corrected chi connectivity index (χ1v) is 10.1. The lowest BCUT2D eigenvalue weighted by atomic mass is 10.00. The van der Waals surface area contributed by atoms with Crippen LogP contribution in [0.25, 0.3) is 0 Å². The van der Waals surface area contributed by atoms with Crippen molar-refractivity contribution in [2.45, 2.75) is 58.4 Å². The van der Waals surface area contributed by atoms with E-state index in [1.165, 1.54) is 0 Å². The number of nitrogens with one attached hydrogen (secondary N) is 1. The van der Waals surface area contributed by atoms with E-state index in [-0.39, 0.29) is 48.9 Å². The largest absolute Gasteiger partial charge is 0.354 e. The molecule has 152 valence electrons. The van der Waals surface area contributed by atoms with Crippen molar-refractivity contribution in [2.75, 3.05) is 19.6 Å². The molecule has 0 spiro atoms. The van der Waals surface area contributed by atoms with Crippen LogP contribution in [0.15, 0.2) is 6.07 Å². The summed E-state index contributed by atoms with van der Waals surface area (Å²) >= 11 is 1.61. The van der Waals surface area contributed by atoms with E-state index in [1.807, 2.05) is 24.8 Å². The van der Waals surface area contributed by atoms with Gasteiger partial charge in [0.1, 0.15) is 0 Å². The summed E-state index contributed by atoms with van der Waals surface area (Å²) in [7, 11) is 0. The Bertz CT molecular complexity index is 663. The number of hydrogen-bond acceptors (Lipinski definition) is 5. The number of carbonyl (C=O) groups excluding carboxylic acids is 3. The van der Waals surface area contributed by atoms with Crippen molar-refractivity contribution in [3.05, 3.63) is 21.4 Å². The SMILES string of the molecule is Cc1cc(C(=O)CCC(=O)N2CCCCC2CNC(=O)CCN)c(C)s1.Cl. The number of halogens is 1. The molecule has 1 aliphatic heterocycles. The molecule has 6 nitrogen and oxygen atoms in total. The molecule has 1 aromatic rings. The van der Waals surface area contributed by atoms with Crippen LogP contribution < -0.4 is 11.1 Å². The Labute approximate surface area is 171 Å². The fourth-order valence-electron chi connectivity index (χ4n) is 3.40. The first-order chi connectivity index (χ1) is 12.4. The Morgan fingerprint density at radius 2 is 1.96 bits per heavy atom. The Morgan fingerprint density at radius 1 is 1.22 bits per heavy atom. The number of thiophene rings is 1. The molecule has 27 heavy (non-hydrogen) atoms. The van der Waals surface area contributed by atoms with Gasteiger partial charge in [0.15, 0.2) is 5.78 Å². The van der Waals surface area contributed by atoms with Crippen LogP contribution in [0.1, 0.15) is 58.6 Å². The Kier molecular flexibility index (Phi) is 9.98. The van der Waals surface area contributed by atoms with Crippen molar-refractivity contribution in [1.82, 2.24) is 10.2 Å². The van der Waals surface area contributed by atoms with Gasteiger partial charge in [-0.25, -0.2) is 0 Å². The minimum absolute atomic E-state index is 0. The average Bonchev–Trinajstić information content (AvgIpc) is 2.96. The Hall–Kier alpha value is -1.44. The number of hydrogen-bond donors (Lipinski definition) is 2. The highest BCUT2D eigenvalue weighted by molar-refractivity contribution is 7.12. The molecule has 1 unspecified atom stereocenters. The lowest BCUT2D eigenvalue weighted by molar-refractivity contribution is -0.135. The van der Waals surface area contributed by atoms with E-state index in [1.54, 1.807) is 11.3 Å². The molecule has 2 rings (SSSR count). The third-order valence-corrected chi connectivity index (χ3v) is 5.73. The summed E-state index contributed by atoms with van der Waals surface area (Å²) in [5.41, 5.74) is 6.13. The summed E-state index contributed by atoms with van der Waals surface area (Å²) in [5.74, 6) is -0.0466. The maximum absolute atomic E-state index is 12.6. The smallest absolute Gasteiger partial charge is 0.223 e. The second kappa shape index (κ2) is 11.4. The minimum Gasteiger partial charge on any atom is -0.354 e. The molecule has 2 amide bonds. The third kappa shape index (κ3) is 6.90. The highest BCUT2D eigenvalue weighted by Gasteiger charge is 2.27. The van der Waals surface area contributed by atoms with E-state index >= 15 is 0 Å². The summed E-state index contributed by atoms with van der Waals surface area (Å²) in [4.78, 5) is 40.6. The number of nitrogens with two attached hydrogens (primary N) is 1. The number of rotatable bonds is 8. The molecular formula is C19H30ClN3O3S. The van der Waals surface area contributed by atoms with Crippen LogP contribution in [0, 0.1) is 13.8 Å². The first-order valence-electron chi connectivity index (χ1n) is 9.28. The van der Waals surface area contributed by atoms with E-state index in [4.69, 9.17) is 5.73 Å². The fourth-order valence-corrected chi connectivity index (χ4v) is 4.34. The van der Waals surface area contributed by atoms with Crippen molar-refractivity contribution in [3.8, 4) is 0 Å². The summed E-state index contributed by atoms with van der Waals surface area (Å²) in [6.45, 7) is 5.40. The van der Waals surface area contributed by atoms with Gasteiger partial charge in [-0.3, -0.25) is 14.4 Å². The molecule has 1 fully saturated rings. The minimum atomic E-state index is -0.0797. The van der Waals surface area contributed by atoms with Crippen molar-refractivity contribution in [3.63, 3.8) is 0 Å². The van der Waals surface area contributed by atoms with Crippen molar-refractivity contribution < 1.29 is 14.4 Å². The summed E-state index contributed by atoms with van der Waals surface area (Å²) in [5, 5.41) is 2.86. The summed E-state index contributed by atoms with van der Waals surface area (Å²) in [6.07, 6.45) is 3.66. The molecule has 0 aliphatic carbocycles. The van der Waals surface area contributed by atoms with Crippen LogP contribution in [0.3, 0.4) is 0 Å². The van der Waals surface area contributed by atoms with Gasteiger partial charge in [0, 0.05) is 60.3 Å². The molecule has 0 saturated carbocycles. The van der Waals surface area contributed by atoms with Crippen LogP contribution in [-0.2, 0) is 9.59 Å². The van der Waals surface area contributed by atoms with Gasteiger partial charge in [0.05, 0.1) is 0 Å². The summed E-state index contributed by atoms with van der Waals surface area (Å²) < 4.78 is 0. The van der Waals surface area contributed by atoms with E-state index in [0.29, 0.717) is 26.1 Å². The van der Waals surface area contributed by atoms with E-state index in [0.717, 1.165) is 34.6 Å². The molecule has 1 atom stereocenters. The zero-order valence-electron chi connectivity index (χ0n) is 16.1. The Balaban J connectivity index is 0.00000364. The molecule has 1 aromatic heterocycles. The van der Waals surface area contributed by atoms with Gasteiger partial charge in [-0.15, -0.1) is 23.7 Å². The van der Waals surface area contributed by atoms with Crippen molar-refractivity contribution >= 4 is 41.3 Å². The van der Waals surface area contributed by atoms with Gasteiger partial charge in [-0.1, -0.05) is 0 Å². The molecule has 1 aliphatic rings. The van der Waals surface area contributed by atoms with Gasteiger partial charge in [0.2, 0.25) is 11.8 Å². The topological polar surface area (TPSA) is 92.5 Å². The number of Topliss-reactive ketones (excluding diaryl/α,β-unsaturated/α-hetero) is 1. The van der Waals surface area contributed by atoms with Crippen LogP contribution in [0.2, 0.25) is 0 Å². The Morgan fingerprint density at radius 3 is 2.59 bits per heavy atom. The van der Waals surface area contributed by atoms with Crippen LogP contribution in [-0.4, -0.2) is 48.2 Å². The van der Waals surface area contributed by atoms with Gasteiger partial charge >= 0.3 is 0 Å². The zero-order chi connectivity index (χ0) is 19.1. The number of nitrogens with zero attached hydrogens (tertiary/aromatic N) is 1. The van der Waals surface area contributed by atoms with Gasteiger partial charge < -0.3 is 16.0 Å². The molecule has 0 aromatic carbocycles. The fraction of sp³-hybridized carbons (Fsp3) is 0.632. The van der Waals surface area contributed by atoms with Gasteiger partial charge in [-0.05, 0) is 39.2 Å². The molecule has 1 saturated heterocycles. The van der Waals surface area contributed by atoms with Crippen LogP contribution in [0.5, 0.6) is 0 Å². The maximum atomic E-state index is 12.6. The number of carbonyl (C=O) groups is 3. The van der Waals surface area contributed by atoms with Crippen LogP contribution >= 0.6 is 23.7 Å². The monoisotopic (exact) mass is 415 g/mol. The number of ketones is 1. The third-order valence-electron chi connectivity index (χ3n) is 4.76.